The van der Waals surface area contributed by atoms with Crippen LogP contribution in [-0.2, 0) is 9.47 Å². The number of aliphatic hydroxyl groups is 3. The van der Waals surface area contributed by atoms with Crippen molar-refractivity contribution >= 4 is 28.4 Å². The summed E-state index contributed by atoms with van der Waals surface area (Å²) in [5, 5.41) is 34.4. The highest BCUT2D eigenvalue weighted by Crippen LogP contribution is 2.44. The fourth-order valence-electron chi connectivity index (χ4n) is 3.36. The zero-order valence-corrected chi connectivity index (χ0v) is 14.1. The van der Waals surface area contributed by atoms with Gasteiger partial charge >= 0.3 is 0 Å². The number of methoxy groups -OCH3 is 1. The van der Waals surface area contributed by atoms with Crippen molar-refractivity contribution in [1.82, 2.24) is 9.55 Å². The molecule has 0 spiro atoms. The highest BCUT2D eigenvalue weighted by Gasteiger charge is 2.53. The third-order valence-corrected chi connectivity index (χ3v) is 4.71. The van der Waals surface area contributed by atoms with Gasteiger partial charge in [-0.25, -0.2) is 0 Å². The Morgan fingerprint density at radius 3 is 2.88 bits per heavy atom. The molecule has 0 aliphatic carbocycles. The van der Waals surface area contributed by atoms with Gasteiger partial charge in [0, 0.05) is 17.6 Å². The van der Waals surface area contributed by atoms with Gasteiger partial charge in [0.05, 0.1) is 19.1 Å². The lowest BCUT2D eigenvalue weighted by Crippen LogP contribution is -2.44. The van der Waals surface area contributed by atoms with E-state index in [-0.39, 0.29) is 11.8 Å². The topological polar surface area (TPSA) is 138 Å². The van der Waals surface area contributed by atoms with E-state index < -0.39 is 36.2 Å². The van der Waals surface area contributed by atoms with E-state index in [1.54, 1.807) is 16.8 Å². The molecule has 4 heterocycles. The van der Waals surface area contributed by atoms with Crippen molar-refractivity contribution in [2.24, 2.45) is 4.99 Å². The van der Waals surface area contributed by atoms with Gasteiger partial charge in [-0.05, 0) is 13.0 Å². The number of hydrogen-bond donors (Lipinski definition) is 4. The Hall–Kier alpha value is -2.53. The summed E-state index contributed by atoms with van der Waals surface area (Å²) < 4.78 is 12.4. The minimum Gasteiger partial charge on any atom is -0.468 e. The highest BCUT2D eigenvalue weighted by molar-refractivity contribution is 6.09. The Morgan fingerprint density at radius 2 is 2.23 bits per heavy atom. The summed E-state index contributed by atoms with van der Waals surface area (Å²) >= 11 is 0. The summed E-state index contributed by atoms with van der Waals surface area (Å²) in [6.07, 6.45) is -1.60. The molecule has 26 heavy (non-hydrogen) atoms. The first-order valence-electron chi connectivity index (χ1n) is 7.99. The molecule has 0 bridgehead atoms. The normalized spacial score (nSPS) is 30.2. The third kappa shape index (κ3) is 2.31. The molecule has 10 heteroatoms. The molecule has 138 valence electrons. The molecule has 0 radical (unpaired) electrons. The van der Waals surface area contributed by atoms with E-state index in [9.17, 15) is 20.1 Å². The predicted molar refractivity (Wildman–Crippen MR) is 91.4 cm³/mol. The van der Waals surface area contributed by atoms with Gasteiger partial charge in [0.2, 0.25) is 0 Å². The van der Waals surface area contributed by atoms with Crippen molar-refractivity contribution in [2.75, 3.05) is 19.0 Å². The van der Waals surface area contributed by atoms with E-state index in [2.05, 4.69) is 15.3 Å². The van der Waals surface area contributed by atoms with Gasteiger partial charge in [-0.15, -0.1) is 0 Å². The molecule has 1 unspecified atom stereocenters. The van der Waals surface area contributed by atoms with Crippen LogP contribution in [0, 0.1) is 0 Å². The van der Waals surface area contributed by atoms with Crippen LogP contribution < -0.4 is 10.9 Å². The highest BCUT2D eigenvalue weighted by atomic mass is 16.6. The first kappa shape index (κ1) is 16.9. The van der Waals surface area contributed by atoms with Crippen LogP contribution in [-0.4, -0.2) is 62.4 Å². The molecule has 0 saturated carbocycles. The molecule has 4 N–H and O–H groups in total. The fourth-order valence-corrected chi connectivity index (χ4v) is 3.36. The van der Waals surface area contributed by atoms with Crippen LogP contribution in [0.5, 0.6) is 0 Å². The van der Waals surface area contributed by atoms with Crippen LogP contribution in [0.1, 0.15) is 13.2 Å². The van der Waals surface area contributed by atoms with Crippen molar-refractivity contribution in [3.8, 4) is 0 Å². The molecule has 2 aromatic heterocycles. The van der Waals surface area contributed by atoms with Crippen molar-refractivity contribution in [1.29, 1.82) is 0 Å². The summed E-state index contributed by atoms with van der Waals surface area (Å²) in [7, 11) is 1.41. The zero-order chi connectivity index (χ0) is 18.6. The number of amidine groups is 1. The zero-order valence-electron chi connectivity index (χ0n) is 14.1. The Morgan fingerprint density at radius 1 is 1.46 bits per heavy atom. The van der Waals surface area contributed by atoms with E-state index in [1.165, 1.54) is 20.1 Å². The standard InChI is InChI=1S/C16H18N4O6/c1-16(24)11(23)8(6-21)26-14(16)20-5-7-3-4-9(22)17-12-10(7)13(20)19-15(18-12)25-2/h3-5,8,11,14,21,23-24H,6H2,1-2H3,(H,17,18,19,22)/t8-,11-,14?,16-/m1/s1. The number of aliphatic imine (C=N–C) groups is 1. The number of aliphatic hydroxyl groups excluding tert-OH is 2. The van der Waals surface area contributed by atoms with Crippen molar-refractivity contribution in [3.63, 3.8) is 0 Å². The minimum absolute atomic E-state index is 0.119. The summed E-state index contributed by atoms with van der Waals surface area (Å²) in [5.41, 5.74) is -2.11. The van der Waals surface area contributed by atoms with E-state index in [1.807, 2.05) is 0 Å². The molecule has 4 rings (SSSR count). The molecule has 10 nitrogen and oxygen atoms in total. The van der Waals surface area contributed by atoms with E-state index >= 15 is 0 Å². The van der Waals surface area contributed by atoms with E-state index in [0.717, 1.165) is 0 Å². The van der Waals surface area contributed by atoms with Gasteiger partial charge < -0.3 is 29.4 Å². The van der Waals surface area contributed by atoms with Crippen LogP contribution in [0.15, 0.2) is 28.1 Å². The van der Waals surface area contributed by atoms with Crippen LogP contribution in [0.3, 0.4) is 0 Å². The van der Waals surface area contributed by atoms with Gasteiger partial charge in [0.1, 0.15) is 23.6 Å². The molecule has 2 aliphatic rings. The number of aromatic nitrogens is 2. The first-order chi connectivity index (χ1) is 12.4. The van der Waals surface area contributed by atoms with Gasteiger partial charge in [-0.2, -0.15) is 9.98 Å². The smallest absolute Gasteiger partial charge is 0.296 e. The monoisotopic (exact) mass is 362 g/mol. The summed E-state index contributed by atoms with van der Waals surface area (Å²) in [6.45, 7) is 0.978. The SMILES string of the molecule is COC1=Nc2c3c(nc(=O)ccc3cn2C2O[C@H](CO)[C@@H](O)[C@@]2(C)O)N1. The lowest BCUT2D eigenvalue weighted by Gasteiger charge is -2.28. The second-order valence-electron chi connectivity index (χ2n) is 6.45. The number of ether oxygens (including phenoxy) is 2. The quantitative estimate of drug-likeness (QED) is 0.559. The number of hydrogen-bond acceptors (Lipinski definition) is 9. The van der Waals surface area contributed by atoms with Gasteiger partial charge in [0.15, 0.2) is 12.0 Å². The average Bonchev–Trinajstić information content (AvgIpc) is 3.01. The average molecular weight is 362 g/mol. The molecular weight excluding hydrogens is 344 g/mol. The number of anilines is 1. The molecule has 0 amide bonds. The number of nitrogens with zero attached hydrogens (tertiary/aromatic N) is 3. The van der Waals surface area contributed by atoms with Gasteiger partial charge in [-0.3, -0.25) is 10.1 Å². The number of rotatable bonds is 2. The largest absolute Gasteiger partial charge is 0.468 e. The lowest BCUT2D eigenvalue weighted by molar-refractivity contribution is -0.0955. The van der Waals surface area contributed by atoms with Crippen molar-refractivity contribution < 1.29 is 24.8 Å². The minimum atomic E-state index is -1.67. The van der Waals surface area contributed by atoms with Crippen LogP contribution in [0.2, 0.25) is 0 Å². The maximum atomic E-state index is 11.8. The lowest BCUT2D eigenvalue weighted by atomic mass is 9.96. The van der Waals surface area contributed by atoms with Crippen LogP contribution in [0.25, 0.3) is 10.8 Å². The Balaban J connectivity index is 1.96. The molecule has 2 aromatic rings. The van der Waals surface area contributed by atoms with E-state index in [0.29, 0.717) is 16.6 Å². The molecule has 1 fully saturated rings. The molecule has 2 aliphatic heterocycles. The summed E-state index contributed by atoms with van der Waals surface area (Å²) in [6, 6.07) is 3.03. The fraction of sp³-hybridized carbons (Fsp3) is 0.438. The Labute approximate surface area is 147 Å². The number of nitrogens with one attached hydrogen (secondary N) is 1. The molecule has 1 saturated heterocycles. The predicted octanol–water partition coefficient (Wildman–Crippen LogP) is -0.543. The van der Waals surface area contributed by atoms with Crippen molar-refractivity contribution in [2.45, 2.75) is 31.0 Å². The second-order valence-corrected chi connectivity index (χ2v) is 6.45. The first-order valence-corrected chi connectivity index (χ1v) is 7.99. The third-order valence-electron chi connectivity index (χ3n) is 4.71. The maximum absolute atomic E-state index is 11.8. The van der Waals surface area contributed by atoms with Crippen LogP contribution in [0.4, 0.5) is 11.6 Å². The van der Waals surface area contributed by atoms with Crippen LogP contribution >= 0.6 is 0 Å². The van der Waals surface area contributed by atoms with E-state index in [4.69, 9.17) is 9.47 Å². The molecular formula is C16H18N4O6. The summed E-state index contributed by atoms with van der Waals surface area (Å²) in [5.74, 6) is 0.622. The Bertz CT molecular complexity index is 969. The van der Waals surface area contributed by atoms with Crippen molar-refractivity contribution in [3.05, 3.63) is 28.7 Å². The molecule has 0 aromatic carbocycles. The van der Waals surface area contributed by atoms with Gasteiger partial charge in [0.25, 0.3) is 11.6 Å². The summed E-state index contributed by atoms with van der Waals surface area (Å²) in [4.78, 5) is 20.1. The molecule has 4 atom stereocenters. The maximum Gasteiger partial charge on any atom is 0.296 e. The Kier molecular flexibility index (Phi) is 3.74. The second kappa shape index (κ2) is 5.74. The van der Waals surface area contributed by atoms with Gasteiger partial charge in [-0.1, -0.05) is 0 Å².